The van der Waals surface area contributed by atoms with Crippen LogP contribution in [0.5, 0.6) is 0 Å². The van der Waals surface area contributed by atoms with Crippen LogP contribution in [0.1, 0.15) is 67.5 Å². The average Bonchev–Trinajstić information content (AvgIpc) is 3.40. The van der Waals surface area contributed by atoms with Crippen molar-refractivity contribution < 1.29 is 0 Å². The molecule has 0 saturated heterocycles. The zero-order chi connectivity index (χ0) is 38.5. The maximum Gasteiger partial charge on any atom is 0.131 e. The molecule has 270 valence electrons. The van der Waals surface area contributed by atoms with Crippen molar-refractivity contribution in [3.8, 4) is 23.5 Å². The van der Waals surface area contributed by atoms with Crippen molar-refractivity contribution in [2.45, 2.75) is 46.0 Å². The Morgan fingerprint density at radius 1 is 0.815 bits per heavy atom. The Bertz CT molecular complexity index is 2210. The molecule has 0 unspecified atom stereocenters. The van der Waals surface area contributed by atoms with Gasteiger partial charge in [-0.2, -0.15) is 0 Å². The van der Waals surface area contributed by atoms with Gasteiger partial charge in [0.1, 0.15) is 5.84 Å². The summed E-state index contributed by atoms with van der Waals surface area (Å²) in [5.41, 5.74) is 18.7. The lowest BCUT2D eigenvalue weighted by molar-refractivity contribution is 0.523. The van der Waals surface area contributed by atoms with Crippen molar-refractivity contribution in [1.82, 2.24) is 4.90 Å². The van der Waals surface area contributed by atoms with Gasteiger partial charge in [-0.05, 0) is 94.2 Å². The molecule has 0 spiro atoms. The number of rotatable bonds is 15. The number of benzene rings is 4. The van der Waals surface area contributed by atoms with Crippen LogP contribution < -0.4 is 5.73 Å². The molecule has 4 aromatic rings. The minimum atomic E-state index is -0.256. The quantitative estimate of drug-likeness (QED) is 0.0579. The van der Waals surface area contributed by atoms with E-state index >= 15 is 0 Å². The Morgan fingerprint density at radius 2 is 1.44 bits per heavy atom. The molecule has 0 fully saturated rings. The lowest BCUT2D eigenvalue weighted by Gasteiger charge is -2.23. The lowest BCUT2D eigenvalue weighted by atomic mass is 9.81. The van der Waals surface area contributed by atoms with Crippen LogP contribution in [0.2, 0.25) is 0 Å². The molecule has 0 aromatic heterocycles. The third-order valence-corrected chi connectivity index (χ3v) is 9.51. The molecule has 0 heterocycles. The van der Waals surface area contributed by atoms with E-state index in [0.717, 1.165) is 46.5 Å². The standard InChI is InChI=1S/C51H51N3/c1-8-11-12-19-33-54(44(21-10-3)35-38(4)5)34-32-40(20-9-2)42-27-29-45-46-30-28-43(37-48(46)51(6,7)47(45)36-42)49(31-26-39-22-15-13-16-23-39)53-50(52)41-24-17-14-18-25-41/h1,9-25,27-34,36-38H,2-3,26,35H2,4-7H3,(H2,52,53)/b12-11-,33-19-,34-32-,40-20+,44-21+,49-31-. The van der Waals surface area contributed by atoms with Crippen LogP contribution in [-0.2, 0) is 11.8 Å². The molecule has 0 atom stereocenters. The predicted molar refractivity (Wildman–Crippen MR) is 233 cm³/mol. The number of fused-ring (bicyclic) bond motifs is 3. The van der Waals surface area contributed by atoms with E-state index < -0.39 is 0 Å². The highest BCUT2D eigenvalue weighted by Gasteiger charge is 2.36. The zero-order valence-corrected chi connectivity index (χ0v) is 32.0. The van der Waals surface area contributed by atoms with Gasteiger partial charge in [0.15, 0.2) is 0 Å². The first-order valence-electron chi connectivity index (χ1n) is 18.5. The zero-order valence-electron chi connectivity index (χ0n) is 32.0. The summed E-state index contributed by atoms with van der Waals surface area (Å²) < 4.78 is 0. The molecule has 3 heteroatoms. The Balaban J connectivity index is 1.52. The van der Waals surface area contributed by atoms with Gasteiger partial charge in [-0.25, -0.2) is 4.99 Å². The van der Waals surface area contributed by atoms with E-state index in [1.807, 2.05) is 66.9 Å². The van der Waals surface area contributed by atoms with E-state index in [1.165, 1.54) is 27.8 Å². The number of nitrogens with two attached hydrogens (primary N) is 1. The van der Waals surface area contributed by atoms with E-state index in [9.17, 15) is 0 Å². The van der Waals surface area contributed by atoms with Crippen LogP contribution in [0.25, 0.3) is 22.4 Å². The third kappa shape index (κ3) is 9.54. The summed E-state index contributed by atoms with van der Waals surface area (Å²) >= 11 is 0. The van der Waals surface area contributed by atoms with Crippen molar-refractivity contribution in [1.29, 1.82) is 0 Å². The SMILES string of the molecule is C#C/C=C\C=C/N(/C=C\C(=C/C=C)c1ccc2c(c1)C(C)(C)c1cc(/C(=C/Cc3ccccc3)N=C(N)c3ccccc3)ccc1-2)/C(=C/C=C)CC(C)C. The van der Waals surface area contributed by atoms with E-state index in [0.29, 0.717) is 11.8 Å². The van der Waals surface area contributed by atoms with E-state index in [1.54, 1.807) is 6.08 Å². The molecule has 0 radical (unpaired) electrons. The number of nitrogens with zero attached hydrogens (tertiary/aromatic N) is 2. The Morgan fingerprint density at radius 3 is 2.07 bits per heavy atom. The summed E-state index contributed by atoms with van der Waals surface area (Å²) in [7, 11) is 0. The molecule has 1 aliphatic carbocycles. The fourth-order valence-electron chi connectivity index (χ4n) is 6.78. The second-order valence-corrected chi connectivity index (χ2v) is 14.2. The maximum atomic E-state index is 6.61. The Labute approximate surface area is 323 Å². The molecule has 2 N–H and O–H groups in total. The van der Waals surface area contributed by atoms with Crippen LogP contribution in [0, 0.1) is 18.3 Å². The van der Waals surface area contributed by atoms with Gasteiger partial charge in [0.25, 0.3) is 0 Å². The molecule has 0 bridgehead atoms. The van der Waals surface area contributed by atoms with E-state index in [2.05, 4.69) is 143 Å². The molecule has 1 aliphatic rings. The first-order valence-corrected chi connectivity index (χ1v) is 18.5. The van der Waals surface area contributed by atoms with Crippen LogP contribution in [0.15, 0.2) is 188 Å². The van der Waals surface area contributed by atoms with E-state index in [-0.39, 0.29) is 5.41 Å². The molecular formula is C51H51N3. The largest absolute Gasteiger partial charge is 0.383 e. The highest BCUT2D eigenvalue weighted by molar-refractivity contribution is 6.00. The van der Waals surface area contributed by atoms with Crippen molar-refractivity contribution in [2.75, 3.05) is 0 Å². The summed E-state index contributed by atoms with van der Waals surface area (Å²) in [4.78, 5) is 7.14. The minimum absolute atomic E-state index is 0.256. The fourth-order valence-corrected chi connectivity index (χ4v) is 6.78. The first-order chi connectivity index (χ1) is 26.2. The maximum absolute atomic E-state index is 6.61. The second-order valence-electron chi connectivity index (χ2n) is 14.2. The molecule has 0 saturated carbocycles. The lowest BCUT2D eigenvalue weighted by Crippen LogP contribution is -2.16. The van der Waals surface area contributed by atoms with Crippen molar-refractivity contribution in [3.63, 3.8) is 0 Å². The smallest absolute Gasteiger partial charge is 0.131 e. The number of allylic oxidation sites excluding steroid dienone is 11. The first kappa shape index (κ1) is 38.9. The van der Waals surface area contributed by atoms with Gasteiger partial charge in [-0.3, -0.25) is 0 Å². The monoisotopic (exact) mass is 705 g/mol. The van der Waals surface area contributed by atoms with Gasteiger partial charge in [0.05, 0.1) is 5.70 Å². The predicted octanol–water partition coefficient (Wildman–Crippen LogP) is 12.2. The van der Waals surface area contributed by atoms with Gasteiger partial charge in [-0.1, -0.05) is 162 Å². The topological polar surface area (TPSA) is 41.6 Å². The van der Waals surface area contributed by atoms with Crippen molar-refractivity contribution >= 4 is 17.1 Å². The fraction of sp³-hybridized carbons (Fsp3) is 0.157. The highest BCUT2D eigenvalue weighted by Crippen LogP contribution is 2.50. The van der Waals surface area contributed by atoms with Gasteiger partial charge >= 0.3 is 0 Å². The molecular weight excluding hydrogens is 655 g/mol. The van der Waals surface area contributed by atoms with Crippen LogP contribution in [0.3, 0.4) is 0 Å². The molecule has 54 heavy (non-hydrogen) atoms. The second kappa shape index (κ2) is 18.4. The third-order valence-electron chi connectivity index (χ3n) is 9.51. The molecule has 0 aliphatic heterocycles. The molecule has 4 aromatic carbocycles. The number of aliphatic imine (C=N–C) groups is 1. The van der Waals surface area contributed by atoms with Gasteiger partial charge in [0.2, 0.25) is 0 Å². The molecule has 5 rings (SSSR count). The number of hydrogen-bond donors (Lipinski definition) is 1. The van der Waals surface area contributed by atoms with Crippen LogP contribution in [-0.4, -0.2) is 10.7 Å². The molecule has 0 amide bonds. The number of amidine groups is 1. The van der Waals surface area contributed by atoms with E-state index in [4.69, 9.17) is 17.1 Å². The minimum Gasteiger partial charge on any atom is -0.383 e. The summed E-state index contributed by atoms with van der Waals surface area (Å²) in [5.74, 6) is 3.51. The highest BCUT2D eigenvalue weighted by atomic mass is 15.1. The summed E-state index contributed by atoms with van der Waals surface area (Å²) in [5, 5.41) is 0. The summed E-state index contributed by atoms with van der Waals surface area (Å²) in [6, 6.07) is 33.9. The van der Waals surface area contributed by atoms with Crippen molar-refractivity contribution in [3.05, 3.63) is 216 Å². The summed E-state index contributed by atoms with van der Waals surface area (Å²) in [6.45, 7) is 17.1. The van der Waals surface area contributed by atoms with Gasteiger partial charge in [0, 0.05) is 34.6 Å². The Hall–Kier alpha value is -6.37. The van der Waals surface area contributed by atoms with Gasteiger partial charge in [-0.15, -0.1) is 6.42 Å². The summed E-state index contributed by atoms with van der Waals surface area (Å²) in [6.07, 6.45) is 28.8. The van der Waals surface area contributed by atoms with Crippen molar-refractivity contribution in [2.24, 2.45) is 16.6 Å². The van der Waals surface area contributed by atoms with Crippen LogP contribution in [0.4, 0.5) is 0 Å². The Kier molecular flexibility index (Phi) is 13.2. The average molecular weight is 706 g/mol. The molecule has 3 nitrogen and oxygen atoms in total. The number of terminal acetylenes is 1. The van der Waals surface area contributed by atoms with Gasteiger partial charge < -0.3 is 10.6 Å². The normalized spacial score (nSPS) is 14.4. The van der Waals surface area contributed by atoms with Crippen LogP contribution >= 0.6 is 0 Å². The number of hydrogen-bond acceptors (Lipinski definition) is 2.